The van der Waals surface area contributed by atoms with Crippen LogP contribution in [0, 0.1) is 17.6 Å². The van der Waals surface area contributed by atoms with Crippen LogP contribution in [0.25, 0.3) is 22.2 Å². The zero-order chi connectivity index (χ0) is 26.5. The summed E-state index contributed by atoms with van der Waals surface area (Å²) in [6, 6.07) is 8.37. The summed E-state index contributed by atoms with van der Waals surface area (Å²) in [6.45, 7) is 9.71. The molecule has 0 bridgehead atoms. The van der Waals surface area contributed by atoms with Crippen LogP contribution in [0.1, 0.15) is 18.5 Å². The van der Waals surface area contributed by atoms with Gasteiger partial charge in [0, 0.05) is 44.7 Å². The second-order valence-electron chi connectivity index (χ2n) is 10.9. The largest absolute Gasteiger partial charge is 0.361 e. The van der Waals surface area contributed by atoms with Crippen LogP contribution in [0.4, 0.5) is 14.5 Å². The molecule has 0 N–H and O–H groups in total. The third-order valence-corrected chi connectivity index (χ3v) is 8.61. The van der Waals surface area contributed by atoms with E-state index in [2.05, 4.69) is 29.7 Å². The number of ether oxygens (including phenoxy) is 1. The predicted octanol–water partition coefficient (Wildman–Crippen LogP) is 5.75. The molecule has 0 saturated carbocycles. The molecule has 0 radical (unpaired) electrons. The van der Waals surface area contributed by atoms with Crippen LogP contribution in [0.5, 0.6) is 0 Å². The first-order valence-electron chi connectivity index (χ1n) is 12.4. The summed E-state index contributed by atoms with van der Waals surface area (Å²) in [5.74, 6) is -2.11. The number of carbonyl (C=O) groups is 1. The van der Waals surface area contributed by atoms with Crippen LogP contribution >= 0.6 is 0 Å². The van der Waals surface area contributed by atoms with E-state index in [4.69, 9.17) is 4.74 Å². The van der Waals surface area contributed by atoms with E-state index >= 15 is 8.78 Å². The molecule has 37 heavy (non-hydrogen) atoms. The minimum atomic E-state index is -1.17. The van der Waals surface area contributed by atoms with E-state index in [0.29, 0.717) is 35.7 Å². The highest BCUT2D eigenvalue weighted by molar-refractivity contribution is 6.76. The van der Waals surface area contributed by atoms with Crippen molar-refractivity contribution in [3.05, 3.63) is 66.3 Å². The number of aryl methyl sites for hydroxylation is 1. The van der Waals surface area contributed by atoms with Crippen LogP contribution in [-0.4, -0.2) is 39.9 Å². The van der Waals surface area contributed by atoms with E-state index in [1.165, 1.54) is 17.0 Å². The van der Waals surface area contributed by atoms with Gasteiger partial charge in [-0.25, -0.2) is 13.8 Å². The lowest BCUT2D eigenvalue weighted by molar-refractivity contribution is -0.129. The Morgan fingerprint density at radius 2 is 1.81 bits per heavy atom. The second kappa shape index (κ2) is 9.49. The molecule has 0 aliphatic carbocycles. The lowest BCUT2D eigenvalue weighted by atomic mass is 9.82. The fourth-order valence-corrected chi connectivity index (χ4v) is 5.51. The van der Waals surface area contributed by atoms with Crippen LogP contribution < -0.4 is 4.90 Å². The molecule has 2 unspecified atom stereocenters. The van der Waals surface area contributed by atoms with Crippen LogP contribution in [0.3, 0.4) is 0 Å². The van der Waals surface area contributed by atoms with Crippen molar-refractivity contribution >= 4 is 30.7 Å². The Balaban J connectivity index is 1.40. The van der Waals surface area contributed by atoms with Gasteiger partial charge in [0.2, 0.25) is 5.91 Å². The number of nitrogens with zero attached hydrogens (tertiary/aromatic N) is 5. The highest BCUT2D eigenvalue weighted by atomic mass is 28.3. The van der Waals surface area contributed by atoms with Crippen molar-refractivity contribution in [2.75, 3.05) is 11.5 Å². The molecule has 2 aromatic carbocycles. The third-order valence-electron chi connectivity index (χ3n) is 6.90. The van der Waals surface area contributed by atoms with E-state index in [1.54, 1.807) is 49.5 Å². The molecule has 1 aliphatic heterocycles. The second-order valence-corrected chi connectivity index (χ2v) is 16.6. The van der Waals surface area contributed by atoms with Crippen molar-refractivity contribution in [1.82, 2.24) is 19.3 Å². The van der Waals surface area contributed by atoms with Crippen molar-refractivity contribution in [2.45, 2.75) is 45.4 Å². The lowest BCUT2D eigenvalue weighted by Gasteiger charge is -2.46. The number of hydrogen-bond donors (Lipinski definition) is 0. The molecule has 4 aromatic rings. The van der Waals surface area contributed by atoms with Crippen molar-refractivity contribution in [3.8, 4) is 11.1 Å². The molecule has 1 saturated heterocycles. The lowest BCUT2D eigenvalue weighted by Crippen LogP contribution is -2.54. The third kappa shape index (κ3) is 4.83. The Hall–Kier alpha value is -3.37. The van der Waals surface area contributed by atoms with E-state index in [-0.39, 0.29) is 11.5 Å². The highest BCUT2D eigenvalue weighted by Gasteiger charge is 2.48. The summed E-state index contributed by atoms with van der Waals surface area (Å²) < 4.78 is 40.0. The Labute approximate surface area is 215 Å². The predicted molar refractivity (Wildman–Crippen MR) is 142 cm³/mol. The average Bonchev–Trinajstić information content (AvgIpc) is 3.45. The van der Waals surface area contributed by atoms with Crippen molar-refractivity contribution in [2.24, 2.45) is 13.0 Å². The zero-order valence-corrected chi connectivity index (χ0v) is 22.7. The minimum absolute atomic E-state index is 0.110. The molecule has 7 nitrogen and oxygen atoms in total. The van der Waals surface area contributed by atoms with Gasteiger partial charge in [-0.1, -0.05) is 26.6 Å². The summed E-state index contributed by atoms with van der Waals surface area (Å²) in [4.78, 5) is 18.8. The summed E-state index contributed by atoms with van der Waals surface area (Å²) in [6.07, 6.45) is 4.96. The minimum Gasteiger partial charge on any atom is -0.361 e. The summed E-state index contributed by atoms with van der Waals surface area (Å²) in [5, 5.41) is 4.07. The average molecular weight is 524 g/mol. The van der Waals surface area contributed by atoms with Crippen molar-refractivity contribution in [3.63, 3.8) is 0 Å². The first kappa shape index (κ1) is 25.3. The number of halogens is 2. The Kier molecular flexibility index (Phi) is 6.49. The Morgan fingerprint density at radius 3 is 2.46 bits per heavy atom. The number of rotatable bonds is 8. The van der Waals surface area contributed by atoms with E-state index in [9.17, 15) is 4.79 Å². The summed E-state index contributed by atoms with van der Waals surface area (Å²) in [7, 11) is 0.572. The Bertz CT molecular complexity index is 1450. The van der Waals surface area contributed by atoms with Crippen molar-refractivity contribution in [1.29, 1.82) is 0 Å². The van der Waals surface area contributed by atoms with Gasteiger partial charge in [-0.15, -0.1) is 0 Å². The summed E-state index contributed by atoms with van der Waals surface area (Å²) >= 11 is 0. The van der Waals surface area contributed by atoms with Crippen LogP contribution in [0.15, 0.2) is 49.1 Å². The van der Waals surface area contributed by atoms with Gasteiger partial charge in [0.15, 0.2) is 0 Å². The van der Waals surface area contributed by atoms with E-state index < -0.39 is 31.7 Å². The normalized spacial score (nSPS) is 18.0. The van der Waals surface area contributed by atoms with Gasteiger partial charge in [-0.2, -0.15) is 5.10 Å². The van der Waals surface area contributed by atoms with Gasteiger partial charge >= 0.3 is 0 Å². The standard InChI is InChI=1S/C27H31F2N5O2Si/c1-17-26(25-21(28)10-18(11-22(25)29)19-13-31-32(2)14-19)34(27(17)35)20-6-7-24-23(12-20)30-15-33(24)16-36-8-9-37(3,4)5/h6-7,10-15,17,26H,8-9,16H2,1-5H3. The maximum atomic E-state index is 15.3. The number of fused-ring (bicyclic) bond motifs is 1. The highest BCUT2D eigenvalue weighted by Crippen LogP contribution is 2.46. The van der Waals surface area contributed by atoms with Crippen LogP contribution in [0.2, 0.25) is 25.7 Å². The van der Waals surface area contributed by atoms with Gasteiger partial charge in [0.1, 0.15) is 18.4 Å². The quantitative estimate of drug-likeness (QED) is 0.168. The van der Waals surface area contributed by atoms with Gasteiger partial charge in [-0.3, -0.25) is 9.48 Å². The van der Waals surface area contributed by atoms with Crippen molar-refractivity contribution < 1.29 is 18.3 Å². The van der Waals surface area contributed by atoms with Gasteiger partial charge in [0.05, 0.1) is 35.5 Å². The molecule has 1 fully saturated rings. The molecule has 1 aliphatic rings. The monoisotopic (exact) mass is 523 g/mol. The molecular formula is C27H31F2N5O2Si. The molecular weight excluding hydrogens is 492 g/mol. The number of hydrogen-bond acceptors (Lipinski definition) is 4. The smallest absolute Gasteiger partial charge is 0.232 e. The van der Waals surface area contributed by atoms with Gasteiger partial charge in [-0.05, 0) is 41.9 Å². The molecule has 1 amide bonds. The van der Waals surface area contributed by atoms with Gasteiger partial charge < -0.3 is 14.2 Å². The molecule has 5 rings (SSSR count). The fourth-order valence-electron chi connectivity index (χ4n) is 4.75. The SMILES string of the molecule is CC1C(=O)N(c2ccc3c(c2)ncn3COCC[Si](C)(C)C)C1c1c(F)cc(-c2cnn(C)c2)cc1F. The zero-order valence-electron chi connectivity index (χ0n) is 21.7. The first-order valence-corrected chi connectivity index (χ1v) is 16.1. The maximum absolute atomic E-state index is 15.3. The molecule has 0 spiro atoms. The molecule has 3 heterocycles. The first-order chi connectivity index (χ1) is 17.5. The maximum Gasteiger partial charge on any atom is 0.232 e. The van der Waals surface area contributed by atoms with E-state index in [1.807, 2.05) is 10.6 Å². The number of imidazole rings is 1. The van der Waals surface area contributed by atoms with Crippen LogP contribution in [-0.2, 0) is 23.3 Å². The number of amides is 1. The Morgan fingerprint density at radius 1 is 1.08 bits per heavy atom. The molecule has 2 atom stereocenters. The number of anilines is 1. The number of carbonyl (C=O) groups excluding carboxylic acids is 1. The van der Waals surface area contributed by atoms with Gasteiger partial charge in [0.25, 0.3) is 0 Å². The molecule has 194 valence electrons. The number of aromatic nitrogens is 4. The summed E-state index contributed by atoms with van der Waals surface area (Å²) in [5.41, 5.74) is 3.02. The topological polar surface area (TPSA) is 65.2 Å². The molecule has 10 heteroatoms. The van der Waals surface area contributed by atoms with E-state index in [0.717, 1.165) is 11.6 Å². The molecule has 2 aromatic heterocycles. The number of benzene rings is 2. The fraction of sp³-hybridized carbons (Fsp3) is 0.370. The number of β-lactam (4-membered cyclic amide) rings is 1.